The Morgan fingerprint density at radius 3 is 2.70 bits per heavy atom. The van der Waals surface area contributed by atoms with E-state index >= 15 is 8.78 Å². The summed E-state index contributed by atoms with van der Waals surface area (Å²) in [6.07, 6.45) is -4.90. The quantitative estimate of drug-likeness (QED) is 0.518. The molecule has 14 heteroatoms. The second-order valence-corrected chi connectivity index (χ2v) is 7.82. The van der Waals surface area contributed by atoms with Crippen molar-refractivity contribution in [2.45, 2.75) is 31.2 Å². The molecule has 0 aromatic rings. The van der Waals surface area contributed by atoms with Crippen molar-refractivity contribution in [2.24, 2.45) is 5.73 Å². The number of carbonyl (C=O) groups is 3. The molecular formula is C19H25F4N5O5. The van der Waals surface area contributed by atoms with Crippen LogP contribution in [-0.2, 0) is 19.2 Å². The highest BCUT2D eigenvalue weighted by molar-refractivity contribution is 5.79. The van der Waals surface area contributed by atoms with Gasteiger partial charge in [0.05, 0.1) is 32.8 Å². The van der Waals surface area contributed by atoms with E-state index in [0.29, 0.717) is 0 Å². The first-order chi connectivity index (χ1) is 15.6. The Hall–Kier alpha value is -2.71. The van der Waals surface area contributed by atoms with Gasteiger partial charge in [0.1, 0.15) is 23.6 Å². The zero-order chi connectivity index (χ0) is 24.3. The summed E-state index contributed by atoms with van der Waals surface area (Å²) in [7, 11) is 0. The molecule has 2 saturated heterocycles. The Labute approximate surface area is 186 Å². The standard InChI is InChI=1S/C19H25F4N5O5/c1-19(26-2-3-28(15(29)8-24)32-5-4-26)13(20)6-11(7-14(19)21)27-10-12(33-18(27)31)9-25-17(30)16(22)23/h6-7,12-13,16H,2-5,8-10,24H2,1H3,(H,25,30)/t12-,13?,19?/m0/s1. The first-order valence-corrected chi connectivity index (χ1v) is 10.2. The number of carbonyl (C=O) groups excluding carboxylic acids is 3. The number of rotatable bonds is 6. The molecule has 0 bridgehead atoms. The SMILES string of the molecule is CC1(N2CCON(C(=O)CN)CC2)C(F)=CC(N2C[C@H](CNC(=O)C(F)F)OC2=O)=CC1F. The molecule has 3 amide bonds. The number of hydrogen-bond donors (Lipinski definition) is 2. The maximum absolute atomic E-state index is 15.3. The van der Waals surface area contributed by atoms with Gasteiger partial charge in [-0.05, 0) is 19.1 Å². The Kier molecular flexibility index (Phi) is 7.59. The van der Waals surface area contributed by atoms with Crippen LogP contribution in [-0.4, -0.2) is 103 Å². The third kappa shape index (κ3) is 5.12. The van der Waals surface area contributed by atoms with Crippen LogP contribution >= 0.6 is 0 Å². The van der Waals surface area contributed by atoms with Crippen LogP contribution < -0.4 is 11.1 Å². The van der Waals surface area contributed by atoms with Gasteiger partial charge in [-0.1, -0.05) is 0 Å². The highest BCUT2D eigenvalue weighted by Gasteiger charge is 2.48. The monoisotopic (exact) mass is 479 g/mol. The third-order valence-corrected chi connectivity index (χ3v) is 5.79. The van der Waals surface area contributed by atoms with E-state index in [9.17, 15) is 23.2 Å². The Morgan fingerprint density at radius 2 is 2.06 bits per heavy atom. The van der Waals surface area contributed by atoms with Crippen LogP contribution in [0.15, 0.2) is 23.7 Å². The highest BCUT2D eigenvalue weighted by atomic mass is 19.3. The maximum Gasteiger partial charge on any atom is 0.414 e. The van der Waals surface area contributed by atoms with E-state index < -0.39 is 48.0 Å². The minimum absolute atomic E-state index is 0.0162. The molecule has 0 saturated carbocycles. The molecule has 1 aliphatic carbocycles. The predicted molar refractivity (Wildman–Crippen MR) is 105 cm³/mol. The Bertz CT molecular complexity index is 856. The lowest BCUT2D eigenvalue weighted by molar-refractivity contribution is -0.180. The minimum Gasteiger partial charge on any atom is -0.442 e. The number of ether oxygens (including phenoxy) is 1. The first-order valence-electron chi connectivity index (χ1n) is 10.2. The number of allylic oxidation sites excluding steroid dienone is 1. The number of amides is 3. The molecule has 0 radical (unpaired) electrons. The van der Waals surface area contributed by atoms with Crippen LogP contribution in [0.2, 0.25) is 0 Å². The number of nitrogens with zero attached hydrogens (tertiary/aromatic N) is 3. The van der Waals surface area contributed by atoms with E-state index in [-0.39, 0.29) is 51.6 Å². The average Bonchev–Trinajstić information content (AvgIpc) is 2.98. The zero-order valence-corrected chi connectivity index (χ0v) is 17.8. The largest absolute Gasteiger partial charge is 0.442 e. The molecule has 3 atom stereocenters. The van der Waals surface area contributed by atoms with E-state index in [1.54, 1.807) is 0 Å². The molecule has 2 fully saturated rings. The van der Waals surface area contributed by atoms with Crippen LogP contribution in [0.4, 0.5) is 22.4 Å². The zero-order valence-electron chi connectivity index (χ0n) is 17.8. The smallest absolute Gasteiger partial charge is 0.414 e. The van der Waals surface area contributed by atoms with Gasteiger partial charge in [-0.2, -0.15) is 8.78 Å². The number of nitrogens with one attached hydrogen (secondary N) is 1. The van der Waals surface area contributed by atoms with Crippen LogP contribution in [0.3, 0.4) is 0 Å². The minimum atomic E-state index is -3.22. The van der Waals surface area contributed by atoms with Crippen LogP contribution in [0.1, 0.15) is 6.92 Å². The molecule has 33 heavy (non-hydrogen) atoms. The van der Waals surface area contributed by atoms with Crippen molar-refractivity contribution in [1.82, 2.24) is 20.2 Å². The molecule has 184 valence electrons. The number of alkyl halides is 3. The van der Waals surface area contributed by atoms with Crippen molar-refractivity contribution in [3.63, 3.8) is 0 Å². The normalized spacial score (nSPS) is 28.9. The number of nitrogens with two attached hydrogens (primary N) is 1. The summed E-state index contributed by atoms with van der Waals surface area (Å²) in [4.78, 5) is 42.7. The Morgan fingerprint density at radius 1 is 1.33 bits per heavy atom. The molecule has 3 aliphatic rings. The third-order valence-electron chi connectivity index (χ3n) is 5.79. The lowest BCUT2D eigenvalue weighted by Crippen LogP contribution is -2.56. The predicted octanol–water partition coefficient (Wildman–Crippen LogP) is 0.0707. The van der Waals surface area contributed by atoms with Crippen molar-refractivity contribution in [2.75, 3.05) is 45.9 Å². The second-order valence-electron chi connectivity index (χ2n) is 7.82. The van der Waals surface area contributed by atoms with Gasteiger partial charge >= 0.3 is 12.5 Å². The summed E-state index contributed by atoms with van der Waals surface area (Å²) in [5, 5.41) is 3.00. The van der Waals surface area contributed by atoms with Gasteiger partial charge in [0.15, 0.2) is 0 Å². The second kappa shape index (κ2) is 10.1. The summed E-state index contributed by atoms with van der Waals surface area (Å²) in [5.41, 5.74) is 3.53. The lowest BCUT2D eigenvalue weighted by Gasteiger charge is -2.42. The van der Waals surface area contributed by atoms with Gasteiger partial charge in [0, 0.05) is 18.8 Å². The molecule has 10 nitrogen and oxygen atoms in total. The highest BCUT2D eigenvalue weighted by Crippen LogP contribution is 2.38. The van der Waals surface area contributed by atoms with Gasteiger partial charge < -0.3 is 15.8 Å². The summed E-state index contributed by atoms with van der Waals surface area (Å²) >= 11 is 0. The van der Waals surface area contributed by atoms with E-state index in [2.05, 4.69) is 0 Å². The number of hydrogen-bond acceptors (Lipinski definition) is 7. The Balaban J connectivity index is 1.68. The van der Waals surface area contributed by atoms with Crippen LogP contribution in [0.25, 0.3) is 0 Å². The number of cyclic esters (lactones) is 1. The molecule has 2 heterocycles. The van der Waals surface area contributed by atoms with Gasteiger partial charge in [-0.3, -0.25) is 24.2 Å². The number of hydroxylamine groups is 2. The number of halogens is 4. The fourth-order valence-corrected chi connectivity index (χ4v) is 3.80. The molecule has 0 spiro atoms. The summed E-state index contributed by atoms with van der Waals surface area (Å²) in [6, 6.07) is 0. The summed E-state index contributed by atoms with van der Waals surface area (Å²) < 4.78 is 60.2. The summed E-state index contributed by atoms with van der Waals surface area (Å²) in [5.74, 6) is -2.82. The maximum atomic E-state index is 15.3. The molecule has 3 N–H and O–H groups in total. The average molecular weight is 479 g/mol. The van der Waals surface area contributed by atoms with E-state index in [0.717, 1.165) is 22.1 Å². The van der Waals surface area contributed by atoms with E-state index in [4.69, 9.17) is 15.3 Å². The van der Waals surface area contributed by atoms with Gasteiger partial charge in [-0.25, -0.2) is 18.6 Å². The molecular weight excluding hydrogens is 454 g/mol. The molecule has 0 aromatic heterocycles. The van der Waals surface area contributed by atoms with Crippen molar-refractivity contribution < 1.29 is 41.5 Å². The fourth-order valence-electron chi connectivity index (χ4n) is 3.80. The van der Waals surface area contributed by atoms with Crippen molar-refractivity contribution >= 4 is 17.9 Å². The van der Waals surface area contributed by atoms with Gasteiger partial charge in [0.2, 0.25) is 0 Å². The fraction of sp³-hybridized carbons (Fsp3) is 0.632. The lowest BCUT2D eigenvalue weighted by atomic mass is 9.86. The molecule has 2 aliphatic heterocycles. The molecule has 3 rings (SSSR count). The van der Waals surface area contributed by atoms with Gasteiger partial charge in [0.25, 0.3) is 11.8 Å². The van der Waals surface area contributed by atoms with E-state index in [1.807, 2.05) is 5.32 Å². The van der Waals surface area contributed by atoms with Crippen molar-refractivity contribution in [3.05, 3.63) is 23.7 Å². The first kappa shape index (κ1) is 24.9. The topological polar surface area (TPSA) is 117 Å². The van der Waals surface area contributed by atoms with Crippen LogP contribution in [0, 0.1) is 0 Å². The molecule has 0 aromatic carbocycles. The van der Waals surface area contributed by atoms with Gasteiger partial charge in [-0.15, -0.1) is 0 Å². The van der Waals surface area contributed by atoms with Crippen molar-refractivity contribution in [3.8, 4) is 0 Å². The molecule has 2 unspecified atom stereocenters. The van der Waals surface area contributed by atoms with Crippen molar-refractivity contribution in [1.29, 1.82) is 0 Å². The van der Waals surface area contributed by atoms with E-state index in [1.165, 1.54) is 11.8 Å². The summed E-state index contributed by atoms with van der Waals surface area (Å²) in [6.45, 7) is 0.875. The van der Waals surface area contributed by atoms with Crippen LogP contribution in [0.5, 0.6) is 0 Å².